The van der Waals surface area contributed by atoms with Crippen molar-refractivity contribution in [2.24, 2.45) is 0 Å². The van der Waals surface area contributed by atoms with Crippen LogP contribution in [-0.2, 0) is 21.5 Å². The summed E-state index contributed by atoms with van der Waals surface area (Å²) in [5.74, 6) is -0.778. The van der Waals surface area contributed by atoms with Crippen molar-refractivity contribution in [2.45, 2.75) is 42.0 Å². The number of anilines is 1. The van der Waals surface area contributed by atoms with E-state index in [4.69, 9.17) is 0 Å². The number of hydrogen-bond donors (Lipinski definition) is 2. The molecule has 7 heteroatoms. The highest BCUT2D eigenvalue weighted by Gasteiger charge is 2.55. The van der Waals surface area contributed by atoms with E-state index in [9.17, 15) is 14.4 Å². The molecule has 172 valence electrons. The Balaban J connectivity index is 1.24. The second kappa shape index (κ2) is 8.65. The minimum Gasteiger partial charge on any atom is -0.325 e. The van der Waals surface area contributed by atoms with E-state index in [0.717, 1.165) is 20.9 Å². The lowest BCUT2D eigenvalue weighted by Gasteiger charge is -2.22. The van der Waals surface area contributed by atoms with Crippen molar-refractivity contribution in [3.8, 4) is 0 Å². The molecule has 1 spiro atoms. The average molecular weight is 472 g/mol. The van der Waals surface area contributed by atoms with E-state index in [2.05, 4.69) is 42.7 Å². The van der Waals surface area contributed by atoms with Gasteiger partial charge in [-0.05, 0) is 79.3 Å². The van der Waals surface area contributed by atoms with Crippen LogP contribution in [0.15, 0.2) is 76.5 Å². The molecule has 2 N–H and O–H groups in total. The summed E-state index contributed by atoms with van der Waals surface area (Å²) in [6, 6.07) is 21.0. The molecular formula is C27H25N3O3S. The number of urea groups is 1. The SMILES string of the molecule is Cc1ccc(C)c(Sc2ccc(NC(=O)CN3C(=O)NC4(CCc5ccccc54)C3=O)cc2)c1. The third-order valence-corrected chi connectivity index (χ3v) is 7.60. The lowest BCUT2D eigenvalue weighted by molar-refractivity contribution is -0.134. The van der Waals surface area contributed by atoms with Crippen LogP contribution in [0, 0.1) is 13.8 Å². The number of amides is 4. The number of fused-ring (bicyclic) bond motifs is 2. The van der Waals surface area contributed by atoms with Gasteiger partial charge in [-0.15, -0.1) is 0 Å². The smallest absolute Gasteiger partial charge is 0.325 e. The van der Waals surface area contributed by atoms with Gasteiger partial charge >= 0.3 is 6.03 Å². The van der Waals surface area contributed by atoms with Crippen LogP contribution in [-0.4, -0.2) is 29.3 Å². The molecule has 1 aliphatic carbocycles. The molecule has 1 heterocycles. The highest BCUT2D eigenvalue weighted by molar-refractivity contribution is 7.99. The fourth-order valence-electron chi connectivity index (χ4n) is 4.63. The van der Waals surface area contributed by atoms with E-state index in [0.29, 0.717) is 18.5 Å². The molecule has 3 aromatic carbocycles. The molecule has 6 nitrogen and oxygen atoms in total. The molecule has 1 atom stereocenters. The molecule has 5 rings (SSSR count). The van der Waals surface area contributed by atoms with Gasteiger partial charge in [0.1, 0.15) is 12.1 Å². The van der Waals surface area contributed by atoms with Gasteiger partial charge < -0.3 is 10.6 Å². The third kappa shape index (κ3) is 3.96. The summed E-state index contributed by atoms with van der Waals surface area (Å²) in [5, 5.41) is 5.65. The van der Waals surface area contributed by atoms with E-state index < -0.39 is 17.5 Å². The van der Waals surface area contributed by atoms with Gasteiger partial charge in [0.15, 0.2) is 0 Å². The summed E-state index contributed by atoms with van der Waals surface area (Å²) < 4.78 is 0. The van der Waals surface area contributed by atoms with Crippen molar-refractivity contribution >= 4 is 35.3 Å². The molecule has 1 fully saturated rings. The van der Waals surface area contributed by atoms with Crippen molar-refractivity contribution in [2.75, 3.05) is 11.9 Å². The normalized spacial score (nSPS) is 18.8. The number of hydrogen-bond acceptors (Lipinski definition) is 4. The van der Waals surface area contributed by atoms with Crippen LogP contribution < -0.4 is 10.6 Å². The van der Waals surface area contributed by atoms with Gasteiger partial charge in [0.05, 0.1) is 0 Å². The van der Waals surface area contributed by atoms with Gasteiger partial charge in [-0.3, -0.25) is 14.5 Å². The Bertz CT molecular complexity index is 1300. The Morgan fingerprint density at radius 3 is 2.62 bits per heavy atom. The van der Waals surface area contributed by atoms with Crippen LogP contribution in [0.2, 0.25) is 0 Å². The zero-order valence-electron chi connectivity index (χ0n) is 19.1. The van der Waals surface area contributed by atoms with Gasteiger partial charge in [-0.1, -0.05) is 48.2 Å². The van der Waals surface area contributed by atoms with Crippen LogP contribution in [0.3, 0.4) is 0 Å². The summed E-state index contributed by atoms with van der Waals surface area (Å²) in [7, 11) is 0. The molecule has 1 saturated heterocycles. The molecule has 0 bridgehead atoms. The standard InChI is InChI=1S/C27H25N3O3S/c1-17-7-8-18(2)23(15-17)34-21-11-9-20(10-12-21)28-24(31)16-30-25(32)27(29-26(30)33)14-13-19-5-3-4-6-22(19)27/h3-12,15H,13-14,16H2,1-2H3,(H,28,31)(H,29,33). The molecule has 0 radical (unpaired) electrons. The number of rotatable bonds is 5. The minimum absolute atomic E-state index is 0.326. The molecule has 4 amide bonds. The molecule has 0 saturated carbocycles. The average Bonchev–Trinajstić information content (AvgIpc) is 3.30. The monoisotopic (exact) mass is 471 g/mol. The third-order valence-electron chi connectivity index (χ3n) is 6.43. The van der Waals surface area contributed by atoms with Gasteiger partial charge in [0.25, 0.3) is 5.91 Å². The molecular weight excluding hydrogens is 446 g/mol. The topological polar surface area (TPSA) is 78.5 Å². The Hall–Kier alpha value is -3.58. The van der Waals surface area contributed by atoms with Crippen molar-refractivity contribution in [1.29, 1.82) is 0 Å². The second-order valence-corrected chi connectivity index (χ2v) is 9.94. The van der Waals surface area contributed by atoms with Crippen molar-refractivity contribution in [3.05, 3.63) is 89.0 Å². The molecule has 1 unspecified atom stereocenters. The molecule has 2 aliphatic rings. The van der Waals surface area contributed by atoms with Crippen molar-refractivity contribution < 1.29 is 14.4 Å². The van der Waals surface area contributed by atoms with Gasteiger partial charge in [-0.2, -0.15) is 0 Å². The van der Waals surface area contributed by atoms with Crippen molar-refractivity contribution in [3.63, 3.8) is 0 Å². The quantitative estimate of drug-likeness (QED) is 0.525. The Morgan fingerprint density at radius 2 is 1.82 bits per heavy atom. The first-order chi connectivity index (χ1) is 16.4. The van der Waals surface area contributed by atoms with Crippen LogP contribution in [0.25, 0.3) is 0 Å². The zero-order valence-corrected chi connectivity index (χ0v) is 19.9. The number of carbonyl (C=O) groups excluding carboxylic acids is 3. The maximum absolute atomic E-state index is 13.2. The lowest BCUT2D eigenvalue weighted by Crippen LogP contribution is -2.42. The van der Waals surface area contributed by atoms with E-state index in [1.807, 2.05) is 48.5 Å². The van der Waals surface area contributed by atoms with Crippen LogP contribution in [0.4, 0.5) is 10.5 Å². The molecule has 34 heavy (non-hydrogen) atoms. The van der Waals surface area contributed by atoms with Crippen molar-refractivity contribution in [1.82, 2.24) is 10.2 Å². The molecule has 1 aliphatic heterocycles. The van der Waals surface area contributed by atoms with Gasteiger partial charge in [0.2, 0.25) is 5.91 Å². The number of imide groups is 1. The Labute approximate surface area is 202 Å². The summed E-state index contributed by atoms with van der Waals surface area (Å²) in [5.41, 5.74) is 3.86. The summed E-state index contributed by atoms with van der Waals surface area (Å²) in [4.78, 5) is 41.8. The highest BCUT2D eigenvalue weighted by Crippen LogP contribution is 2.41. The maximum Gasteiger partial charge on any atom is 0.325 e. The number of carbonyl (C=O) groups is 3. The van der Waals surface area contributed by atoms with Crippen LogP contribution >= 0.6 is 11.8 Å². The largest absolute Gasteiger partial charge is 0.325 e. The first kappa shape index (κ1) is 22.2. The number of aryl methyl sites for hydroxylation is 3. The first-order valence-electron chi connectivity index (χ1n) is 11.2. The number of nitrogens with one attached hydrogen (secondary N) is 2. The predicted octanol–water partition coefficient (Wildman–Crippen LogP) is 4.79. The second-order valence-electron chi connectivity index (χ2n) is 8.83. The van der Waals surface area contributed by atoms with E-state index in [1.54, 1.807) is 11.8 Å². The lowest BCUT2D eigenvalue weighted by atomic mass is 9.92. The minimum atomic E-state index is -1.05. The highest BCUT2D eigenvalue weighted by atomic mass is 32.2. The summed E-state index contributed by atoms with van der Waals surface area (Å²) >= 11 is 1.67. The van der Waals surface area contributed by atoms with Gasteiger partial charge in [-0.25, -0.2) is 4.79 Å². The molecule has 3 aromatic rings. The van der Waals surface area contributed by atoms with Gasteiger partial charge in [0, 0.05) is 15.5 Å². The van der Waals surface area contributed by atoms with E-state index in [1.165, 1.54) is 16.0 Å². The van der Waals surface area contributed by atoms with E-state index >= 15 is 0 Å². The predicted molar refractivity (Wildman–Crippen MR) is 132 cm³/mol. The zero-order chi connectivity index (χ0) is 23.9. The summed E-state index contributed by atoms with van der Waals surface area (Å²) in [6.07, 6.45) is 1.23. The fraction of sp³-hybridized carbons (Fsp3) is 0.222. The van der Waals surface area contributed by atoms with E-state index in [-0.39, 0.29) is 12.5 Å². The molecule has 0 aromatic heterocycles. The number of benzene rings is 3. The summed E-state index contributed by atoms with van der Waals surface area (Å²) in [6.45, 7) is 3.83. The Kier molecular flexibility index (Phi) is 5.65. The maximum atomic E-state index is 13.2. The Morgan fingerprint density at radius 1 is 1.06 bits per heavy atom. The fourth-order valence-corrected chi connectivity index (χ4v) is 5.63. The number of nitrogens with zero attached hydrogens (tertiary/aromatic N) is 1. The van der Waals surface area contributed by atoms with Crippen LogP contribution in [0.1, 0.15) is 28.7 Å². The van der Waals surface area contributed by atoms with Crippen LogP contribution in [0.5, 0.6) is 0 Å². The first-order valence-corrected chi connectivity index (χ1v) is 12.0.